The molecule has 1 aromatic heterocycles. The molecule has 3 N–H and O–H groups in total. The van der Waals surface area contributed by atoms with Crippen molar-refractivity contribution >= 4 is 5.91 Å². The molecular formula is C10H16N4O. The average Bonchev–Trinajstić information content (AvgIpc) is 2.87. The number of nitrogens with two attached hydrogens (primary N) is 1. The van der Waals surface area contributed by atoms with Crippen molar-refractivity contribution in [3.63, 3.8) is 0 Å². The zero-order valence-corrected chi connectivity index (χ0v) is 8.65. The first-order chi connectivity index (χ1) is 7.33. The van der Waals surface area contributed by atoms with Crippen LogP contribution in [0.15, 0.2) is 12.3 Å². The zero-order chi connectivity index (χ0) is 10.7. The lowest BCUT2D eigenvalue weighted by Gasteiger charge is -2.23. The molecule has 1 aliphatic rings. The molecule has 1 atom stereocenters. The number of rotatable bonds is 3. The number of aromatic amines is 1. The van der Waals surface area contributed by atoms with Gasteiger partial charge in [0.1, 0.15) is 5.69 Å². The molecule has 0 bridgehead atoms. The summed E-state index contributed by atoms with van der Waals surface area (Å²) in [6, 6.07) is 2.02. The van der Waals surface area contributed by atoms with Crippen LogP contribution in [-0.4, -0.2) is 40.1 Å². The standard InChI is InChI=1S/C10H16N4O/c11-5-3-8-2-1-7-14(8)10(15)9-4-6-12-13-9/h4,6,8H,1-3,5,7,11H2,(H,12,13). The molecule has 15 heavy (non-hydrogen) atoms. The fourth-order valence-electron chi connectivity index (χ4n) is 2.13. The maximum atomic E-state index is 12.0. The molecule has 1 amide bonds. The molecule has 5 nitrogen and oxygen atoms in total. The Morgan fingerprint density at radius 3 is 3.27 bits per heavy atom. The first-order valence-corrected chi connectivity index (χ1v) is 5.33. The van der Waals surface area contributed by atoms with Crippen LogP contribution in [0.1, 0.15) is 29.8 Å². The molecule has 0 radical (unpaired) electrons. The van der Waals surface area contributed by atoms with Crippen LogP contribution in [0.2, 0.25) is 0 Å². The Hall–Kier alpha value is -1.36. The van der Waals surface area contributed by atoms with E-state index < -0.39 is 0 Å². The molecule has 1 saturated heterocycles. The summed E-state index contributed by atoms with van der Waals surface area (Å²) in [7, 11) is 0. The molecule has 1 unspecified atom stereocenters. The maximum absolute atomic E-state index is 12.0. The van der Waals surface area contributed by atoms with E-state index in [4.69, 9.17) is 5.73 Å². The lowest BCUT2D eigenvalue weighted by atomic mass is 10.1. The summed E-state index contributed by atoms with van der Waals surface area (Å²) >= 11 is 0. The van der Waals surface area contributed by atoms with E-state index in [1.165, 1.54) is 0 Å². The van der Waals surface area contributed by atoms with Crippen molar-refractivity contribution in [1.82, 2.24) is 15.1 Å². The van der Waals surface area contributed by atoms with Crippen molar-refractivity contribution < 1.29 is 4.79 Å². The van der Waals surface area contributed by atoms with Crippen LogP contribution >= 0.6 is 0 Å². The van der Waals surface area contributed by atoms with Gasteiger partial charge in [-0.25, -0.2) is 0 Å². The van der Waals surface area contributed by atoms with Gasteiger partial charge in [-0.3, -0.25) is 9.89 Å². The van der Waals surface area contributed by atoms with Gasteiger partial charge in [-0.1, -0.05) is 0 Å². The Morgan fingerprint density at radius 2 is 2.60 bits per heavy atom. The van der Waals surface area contributed by atoms with Crippen LogP contribution in [-0.2, 0) is 0 Å². The third kappa shape index (κ3) is 2.02. The fourth-order valence-corrected chi connectivity index (χ4v) is 2.13. The van der Waals surface area contributed by atoms with Crippen LogP contribution in [0.25, 0.3) is 0 Å². The molecule has 0 spiro atoms. The average molecular weight is 208 g/mol. The van der Waals surface area contributed by atoms with Crippen molar-refractivity contribution in [2.24, 2.45) is 5.73 Å². The predicted molar refractivity (Wildman–Crippen MR) is 56.3 cm³/mol. The largest absolute Gasteiger partial charge is 0.334 e. The highest BCUT2D eigenvalue weighted by Gasteiger charge is 2.29. The van der Waals surface area contributed by atoms with E-state index >= 15 is 0 Å². The lowest BCUT2D eigenvalue weighted by Crippen LogP contribution is -2.36. The number of likely N-dealkylation sites (tertiary alicyclic amines) is 1. The Labute approximate surface area is 88.6 Å². The molecule has 1 aromatic rings. The number of hydrogen-bond donors (Lipinski definition) is 2. The Morgan fingerprint density at radius 1 is 1.73 bits per heavy atom. The number of carbonyl (C=O) groups is 1. The maximum Gasteiger partial charge on any atom is 0.272 e. The summed E-state index contributed by atoms with van der Waals surface area (Å²) in [5.74, 6) is 0.0449. The summed E-state index contributed by atoms with van der Waals surface area (Å²) in [6.07, 6.45) is 4.63. The van der Waals surface area contributed by atoms with E-state index in [2.05, 4.69) is 10.2 Å². The molecule has 82 valence electrons. The lowest BCUT2D eigenvalue weighted by molar-refractivity contribution is 0.0726. The highest BCUT2D eigenvalue weighted by atomic mass is 16.2. The third-order valence-corrected chi connectivity index (χ3v) is 2.87. The molecule has 0 aliphatic carbocycles. The van der Waals surface area contributed by atoms with E-state index in [0.29, 0.717) is 18.3 Å². The number of H-pyrrole nitrogens is 1. The summed E-state index contributed by atoms with van der Waals surface area (Å²) in [4.78, 5) is 13.9. The minimum atomic E-state index is 0.0449. The Bertz CT molecular complexity index is 322. The van der Waals surface area contributed by atoms with Crippen molar-refractivity contribution in [2.45, 2.75) is 25.3 Å². The van der Waals surface area contributed by atoms with E-state index in [0.717, 1.165) is 25.8 Å². The molecule has 1 fully saturated rings. The van der Waals surface area contributed by atoms with E-state index in [-0.39, 0.29) is 5.91 Å². The van der Waals surface area contributed by atoms with Crippen molar-refractivity contribution in [2.75, 3.05) is 13.1 Å². The summed E-state index contributed by atoms with van der Waals surface area (Å²) in [6.45, 7) is 1.47. The van der Waals surface area contributed by atoms with Gasteiger partial charge < -0.3 is 10.6 Å². The van der Waals surface area contributed by atoms with Crippen LogP contribution in [0.4, 0.5) is 0 Å². The fraction of sp³-hybridized carbons (Fsp3) is 0.600. The summed E-state index contributed by atoms with van der Waals surface area (Å²) in [5.41, 5.74) is 6.10. The van der Waals surface area contributed by atoms with Crippen molar-refractivity contribution in [1.29, 1.82) is 0 Å². The van der Waals surface area contributed by atoms with Crippen molar-refractivity contribution in [3.8, 4) is 0 Å². The van der Waals surface area contributed by atoms with Crippen LogP contribution in [0.5, 0.6) is 0 Å². The molecule has 5 heteroatoms. The minimum Gasteiger partial charge on any atom is -0.334 e. The summed E-state index contributed by atoms with van der Waals surface area (Å²) < 4.78 is 0. The van der Waals surface area contributed by atoms with Gasteiger partial charge in [0.05, 0.1) is 0 Å². The number of carbonyl (C=O) groups excluding carboxylic acids is 1. The van der Waals surface area contributed by atoms with Crippen LogP contribution in [0, 0.1) is 0 Å². The number of nitrogens with zero attached hydrogens (tertiary/aromatic N) is 2. The van der Waals surface area contributed by atoms with E-state index in [9.17, 15) is 4.79 Å². The SMILES string of the molecule is NCCC1CCCN1C(=O)c1ccn[nH]1. The molecular weight excluding hydrogens is 192 g/mol. The second-order valence-electron chi connectivity index (χ2n) is 3.84. The molecule has 0 aromatic carbocycles. The van der Waals surface area contributed by atoms with Gasteiger partial charge in [0.15, 0.2) is 0 Å². The van der Waals surface area contributed by atoms with Crippen molar-refractivity contribution in [3.05, 3.63) is 18.0 Å². The number of aromatic nitrogens is 2. The third-order valence-electron chi connectivity index (χ3n) is 2.87. The molecule has 1 aliphatic heterocycles. The monoisotopic (exact) mass is 208 g/mol. The molecule has 0 saturated carbocycles. The summed E-state index contributed by atoms with van der Waals surface area (Å²) in [5, 5.41) is 6.49. The van der Waals surface area contributed by atoms with E-state index in [1.807, 2.05) is 4.90 Å². The first kappa shape index (κ1) is 10.2. The molecule has 2 heterocycles. The van der Waals surface area contributed by atoms with Gasteiger partial charge in [0, 0.05) is 18.8 Å². The van der Waals surface area contributed by atoms with Gasteiger partial charge in [-0.2, -0.15) is 5.10 Å². The van der Waals surface area contributed by atoms with Gasteiger partial charge in [-0.05, 0) is 31.9 Å². The quantitative estimate of drug-likeness (QED) is 0.753. The highest BCUT2D eigenvalue weighted by Crippen LogP contribution is 2.21. The Kier molecular flexibility index (Phi) is 3.01. The topological polar surface area (TPSA) is 75.0 Å². The Balaban J connectivity index is 2.06. The number of hydrogen-bond acceptors (Lipinski definition) is 3. The second kappa shape index (κ2) is 4.44. The van der Waals surface area contributed by atoms with Gasteiger partial charge >= 0.3 is 0 Å². The molecule has 2 rings (SSSR count). The van der Waals surface area contributed by atoms with Gasteiger partial charge in [0.2, 0.25) is 0 Å². The normalized spacial score (nSPS) is 20.9. The number of nitrogens with one attached hydrogen (secondary N) is 1. The zero-order valence-electron chi connectivity index (χ0n) is 8.65. The smallest absolute Gasteiger partial charge is 0.272 e. The first-order valence-electron chi connectivity index (χ1n) is 5.33. The second-order valence-corrected chi connectivity index (χ2v) is 3.84. The van der Waals surface area contributed by atoms with Gasteiger partial charge in [0.25, 0.3) is 5.91 Å². The highest BCUT2D eigenvalue weighted by molar-refractivity contribution is 5.92. The van der Waals surface area contributed by atoms with Crippen LogP contribution < -0.4 is 5.73 Å². The van der Waals surface area contributed by atoms with E-state index in [1.54, 1.807) is 12.3 Å². The van der Waals surface area contributed by atoms with Crippen LogP contribution in [0.3, 0.4) is 0 Å². The predicted octanol–water partition coefficient (Wildman–Crippen LogP) is 0.363. The van der Waals surface area contributed by atoms with Gasteiger partial charge in [-0.15, -0.1) is 0 Å². The minimum absolute atomic E-state index is 0.0449. The number of amides is 1.